The number of carbonyl (C=O) groups excluding carboxylic acids is 2. The molecule has 0 aromatic heterocycles. The van der Waals surface area contributed by atoms with Gasteiger partial charge in [0.25, 0.3) is 0 Å². The molecule has 0 radical (unpaired) electrons. The van der Waals surface area contributed by atoms with Crippen molar-refractivity contribution in [3.05, 3.63) is 0 Å². The lowest BCUT2D eigenvalue weighted by Gasteiger charge is -2.13. The number of rotatable bonds is 17. The van der Waals surface area contributed by atoms with Gasteiger partial charge >= 0.3 is 11.9 Å². The Morgan fingerprint density at radius 1 is 0.720 bits per heavy atom. The molecule has 0 bridgehead atoms. The van der Waals surface area contributed by atoms with Crippen molar-refractivity contribution in [3.8, 4) is 0 Å². The monoisotopic (exact) mass is 356 g/mol. The quantitative estimate of drug-likeness (QED) is 0.243. The standard InChI is InChI=1S/C21H40O4/c1-4-17-24-20(22)16-14-12-10-8-7-9-11-13-15-19(6-3)21(23)25-18-5-2/h19H,4-18H2,1-3H3. The summed E-state index contributed by atoms with van der Waals surface area (Å²) in [6.45, 7) is 7.19. The average Bonchev–Trinajstić information content (AvgIpc) is 2.62. The molecule has 0 saturated heterocycles. The van der Waals surface area contributed by atoms with Crippen LogP contribution >= 0.6 is 0 Å². The van der Waals surface area contributed by atoms with Gasteiger partial charge in [-0.1, -0.05) is 65.7 Å². The fraction of sp³-hybridized carbons (Fsp3) is 0.905. The van der Waals surface area contributed by atoms with Crippen LogP contribution in [0.2, 0.25) is 0 Å². The molecule has 0 amide bonds. The van der Waals surface area contributed by atoms with Gasteiger partial charge in [-0.05, 0) is 32.1 Å². The number of ether oxygens (including phenoxy) is 2. The Morgan fingerprint density at radius 2 is 1.24 bits per heavy atom. The highest BCUT2D eigenvalue weighted by molar-refractivity contribution is 5.72. The summed E-state index contributed by atoms with van der Waals surface area (Å²) < 4.78 is 10.3. The van der Waals surface area contributed by atoms with Gasteiger partial charge in [-0.3, -0.25) is 9.59 Å². The average molecular weight is 357 g/mol. The largest absolute Gasteiger partial charge is 0.466 e. The van der Waals surface area contributed by atoms with E-state index in [9.17, 15) is 9.59 Å². The van der Waals surface area contributed by atoms with Gasteiger partial charge in [-0.2, -0.15) is 0 Å². The Kier molecular flexibility index (Phi) is 17.0. The molecule has 0 aliphatic rings. The first kappa shape index (κ1) is 23.9. The molecule has 0 heterocycles. The van der Waals surface area contributed by atoms with Crippen LogP contribution in [0.4, 0.5) is 0 Å². The molecule has 4 nitrogen and oxygen atoms in total. The second-order valence-corrected chi connectivity index (χ2v) is 6.86. The molecule has 0 aliphatic carbocycles. The zero-order valence-corrected chi connectivity index (χ0v) is 16.8. The summed E-state index contributed by atoms with van der Waals surface area (Å²) in [6.07, 6.45) is 13.5. The fourth-order valence-electron chi connectivity index (χ4n) is 2.82. The van der Waals surface area contributed by atoms with E-state index in [1.165, 1.54) is 32.1 Å². The van der Waals surface area contributed by atoms with Crippen LogP contribution in [0.15, 0.2) is 0 Å². The second-order valence-electron chi connectivity index (χ2n) is 6.86. The minimum atomic E-state index is -0.0511. The molecule has 0 fully saturated rings. The first-order valence-corrected chi connectivity index (χ1v) is 10.5. The molecule has 0 aliphatic heterocycles. The molecule has 0 aromatic rings. The van der Waals surface area contributed by atoms with Crippen LogP contribution in [0.5, 0.6) is 0 Å². The fourth-order valence-corrected chi connectivity index (χ4v) is 2.82. The van der Waals surface area contributed by atoms with Gasteiger partial charge in [-0.25, -0.2) is 0 Å². The summed E-state index contributed by atoms with van der Waals surface area (Å²) in [4.78, 5) is 23.2. The molecule has 0 spiro atoms. The Labute approximate surface area is 155 Å². The summed E-state index contributed by atoms with van der Waals surface area (Å²) in [5.41, 5.74) is 0. The van der Waals surface area contributed by atoms with Gasteiger partial charge in [0.05, 0.1) is 19.1 Å². The molecule has 1 atom stereocenters. The van der Waals surface area contributed by atoms with Crippen molar-refractivity contribution >= 4 is 11.9 Å². The van der Waals surface area contributed by atoms with Gasteiger partial charge in [0.15, 0.2) is 0 Å². The summed E-state index contributed by atoms with van der Waals surface area (Å²) in [5, 5.41) is 0. The highest BCUT2D eigenvalue weighted by Gasteiger charge is 2.16. The van der Waals surface area contributed by atoms with Crippen molar-refractivity contribution in [3.63, 3.8) is 0 Å². The van der Waals surface area contributed by atoms with E-state index in [1.807, 2.05) is 13.8 Å². The van der Waals surface area contributed by atoms with E-state index in [0.717, 1.165) is 44.9 Å². The molecule has 0 saturated carbocycles. The molecule has 1 unspecified atom stereocenters. The van der Waals surface area contributed by atoms with Gasteiger partial charge in [-0.15, -0.1) is 0 Å². The molecule has 0 rings (SSSR count). The van der Waals surface area contributed by atoms with Gasteiger partial charge in [0, 0.05) is 6.42 Å². The maximum Gasteiger partial charge on any atom is 0.308 e. The van der Waals surface area contributed by atoms with Gasteiger partial charge in [0.2, 0.25) is 0 Å². The molecule has 25 heavy (non-hydrogen) atoms. The number of carbonyl (C=O) groups is 2. The summed E-state index contributed by atoms with van der Waals surface area (Å²) in [7, 11) is 0. The van der Waals surface area contributed by atoms with Crippen LogP contribution in [-0.4, -0.2) is 25.2 Å². The Morgan fingerprint density at radius 3 is 1.80 bits per heavy atom. The third-order valence-corrected chi connectivity index (χ3v) is 4.43. The molecule has 4 heteroatoms. The molecular formula is C21H40O4. The maximum atomic E-state index is 11.9. The lowest BCUT2D eigenvalue weighted by atomic mass is 9.98. The number of esters is 2. The number of hydrogen-bond acceptors (Lipinski definition) is 4. The second kappa shape index (κ2) is 17.8. The predicted molar refractivity (Wildman–Crippen MR) is 102 cm³/mol. The van der Waals surface area contributed by atoms with E-state index in [0.29, 0.717) is 19.6 Å². The third-order valence-electron chi connectivity index (χ3n) is 4.43. The van der Waals surface area contributed by atoms with E-state index in [4.69, 9.17) is 9.47 Å². The van der Waals surface area contributed by atoms with Crippen molar-refractivity contribution in [2.24, 2.45) is 5.92 Å². The van der Waals surface area contributed by atoms with E-state index in [1.54, 1.807) is 0 Å². The first-order valence-electron chi connectivity index (χ1n) is 10.5. The lowest BCUT2D eigenvalue weighted by Crippen LogP contribution is -2.17. The zero-order chi connectivity index (χ0) is 18.8. The molecular weight excluding hydrogens is 316 g/mol. The minimum absolute atomic E-state index is 0.0122. The zero-order valence-electron chi connectivity index (χ0n) is 16.8. The van der Waals surface area contributed by atoms with Crippen molar-refractivity contribution < 1.29 is 19.1 Å². The van der Waals surface area contributed by atoms with Crippen LogP contribution in [-0.2, 0) is 19.1 Å². The summed E-state index contributed by atoms with van der Waals surface area (Å²) in [5.74, 6) is 0.0191. The lowest BCUT2D eigenvalue weighted by molar-refractivity contribution is -0.149. The highest BCUT2D eigenvalue weighted by Crippen LogP contribution is 2.17. The smallest absolute Gasteiger partial charge is 0.308 e. The Balaban J connectivity index is 3.42. The Bertz CT molecular complexity index is 328. The highest BCUT2D eigenvalue weighted by atomic mass is 16.5. The summed E-state index contributed by atoms with van der Waals surface area (Å²) in [6, 6.07) is 0. The van der Waals surface area contributed by atoms with Crippen LogP contribution in [0.25, 0.3) is 0 Å². The van der Waals surface area contributed by atoms with Crippen LogP contribution < -0.4 is 0 Å². The molecule has 0 aromatic carbocycles. The molecule has 148 valence electrons. The van der Waals surface area contributed by atoms with Crippen LogP contribution in [0.3, 0.4) is 0 Å². The van der Waals surface area contributed by atoms with Crippen LogP contribution in [0, 0.1) is 5.92 Å². The maximum absolute atomic E-state index is 11.9. The van der Waals surface area contributed by atoms with Crippen molar-refractivity contribution in [2.75, 3.05) is 13.2 Å². The summed E-state index contributed by atoms with van der Waals surface area (Å²) >= 11 is 0. The SMILES string of the molecule is CCCOC(=O)CCCCCCCCCCC(CC)C(=O)OCCC. The van der Waals surface area contributed by atoms with E-state index in [2.05, 4.69) is 6.92 Å². The van der Waals surface area contributed by atoms with Crippen molar-refractivity contribution in [2.45, 2.75) is 104 Å². The minimum Gasteiger partial charge on any atom is -0.466 e. The third kappa shape index (κ3) is 14.9. The Hall–Kier alpha value is -1.06. The first-order chi connectivity index (χ1) is 12.2. The van der Waals surface area contributed by atoms with E-state index in [-0.39, 0.29) is 17.9 Å². The topological polar surface area (TPSA) is 52.6 Å². The van der Waals surface area contributed by atoms with E-state index >= 15 is 0 Å². The van der Waals surface area contributed by atoms with E-state index < -0.39 is 0 Å². The van der Waals surface area contributed by atoms with Crippen molar-refractivity contribution in [1.29, 1.82) is 0 Å². The normalized spacial score (nSPS) is 12.0. The number of unbranched alkanes of at least 4 members (excludes halogenated alkanes) is 7. The predicted octanol–water partition coefficient (Wildman–Crippen LogP) is 5.82. The number of hydrogen-bond donors (Lipinski definition) is 0. The van der Waals surface area contributed by atoms with Gasteiger partial charge < -0.3 is 9.47 Å². The van der Waals surface area contributed by atoms with Gasteiger partial charge in [0.1, 0.15) is 0 Å². The molecule has 0 N–H and O–H groups in total. The van der Waals surface area contributed by atoms with Crippen molar-refractivity contribution in [1.82, 2.24) is 0 Å². The van der Waals surface area contributed by atoms with Crippen LogP contribution in [0.1, 0.15) is 104 Å².